The number of amides is 2. The third-order valence-corrected chi connectivity index (χ3v) is 3.63. The Hall–Kier alpha value is -1.10. The summed E-state index contributed by atoms with van der Waals surface area (Å²) < 4.78 is 0. The molecule has 2 rings (SSSR count). The molecular formula is C13H23N3O2. The molecule has 5 heteroatoms. The van der Waals surface area contributed by atoms with Crippen LogP contribution in [0, 0.1) is 5.92 Å². The summed E-state index contributed by atoms with van der Waals surface area (Å²) in [5.41, 5.74) is 0. The molecule has 18 heavy (non-hydrogen) atoms. The summed E-state index contributed by atoms with van der Waals surface area (Å²) in [5, 5.41) is 8.85. The molecule has 0 atom stereocenters. The molecule has 0 aromatic heterocycles. The van der Waals surface area contributed by atoms with Crippen LogP contribution in [0.5, 0.6) is 0 Å². The van der Waals surface area contributed by atoms with Crippen LogP contribution in [0.4, 0.5) is 0 Å². The number of hydrogen-bond donors (Lipinski definition) is 3. The van der Waals surface area contributed by atoms with E-state index in [4.69, 9.17) is 0 Å². The Labute approximate surface area is 108 Å². The van der Waals surface area contributed by atoms with Crippen molar-refractivity contribution in [1.82, 2.24) is 16.0 Å². The number of carbonyl (C=O) groups is 2. The predicted octanol–water partition coefficient (Wildman–Crippen LogP) is 0.161. The summed E-state index contributed by atoms with van der Waals surface area (Å²) in [6.07, 6.45) is 5.97. The molecule has 3 N–H and O–H groups in total. The molecule has 2 aliphatic rings. The van der Waals surface area contributed by atoms with E-state index in [0.717, 1.165) is 45.2 Å². The van der Waals surface area contributed by atoms with Crippen molar-refractivity contribution >= 4 is 11.8 Å². The quantitative estimate of drug-likeness (QED) is 0.631. The largest absolute Gasteiger partial charge is 0.352 e. The molecule has 0 spiro atoms. The Morgan fingerprint density at radius 3 is 2.44 bits per heavy atom. The summed E-state index contributed by atoms with van der Waals surface area (Å²) in [4.78, 5) is 23.0. The molecule has 2 fully saturated rings. The average Bonchev–Trinajstić information content (AvgIpc) is 3.19. The number of hydrogen-bond acceptors (Lipinski definition) is 3. The van der Waals surface area contributed by atoms with Crippen molar-refractivity contribution in [2.24, 2.45) is 5.92 Å². The van der Waals surface area contributed by atoms with E-state index in [-0.39, 0.29) is 18.4 Å². The van der Waals surface area contributed by atoms with Crippen molar-refractivity contribution in [3.05, 3.63) is 0 Å². The van der Waals surface area contributed by atoms with Gasteiger partial charge in [-0.1, -0.05) is 0 Å². The van der Waals surface area contributed by atoms with Gasteiger partial charge in [0, 0.05) is 12.5 Å². The first-order valence-electron chi connectivity index (χ1n) is 7.01. The van der Waals surface area contributed by atoms with E-state index in [0.29, 0.717) is 18.4 Å². The van der Waals surface area contributed by atoms with E-state index in [2.05, 4.69) is 16.0 Å². The molecule has 102 valence electrons. The normalized spacial score (nSPS) is 20.4. The molecule has 0 unspecified atom stereocenters. The first-order chi connectivity index (χ1) is 8.74. The highest BCUT2D eigenvalue weighted by atomic mass is 16.2. The molecule has 1 saturated heterocycles. The molecule has 0 aromatic carbocycles. The topological polar surface area (TPSA) is 70.2 Å². The lowest BCUT2D eigenvalue weighted by Crippen LogP contribution is -2.38. The van der Waals surface area contributed by atoms with Crippen LogP contribution in [-0.4, -0.2) is 37.5 Å². The smallest absolute Gasteiger partial charge is 0.239 e. The summed E-state index contributed by atoms with van der Waals surface area (Å²) in [6, 6.07) is 0.365. The third-order valence-electron chi connectivity index (χ3n) is 3.63. The molecular weight excluding hydrogens is 230 g/mol. The van der Waals surface area contributed by atoms with Gasteiger partial charge in [-0.15, -0.1) is 0 Å². The van der Waals surface area contributed by atoms with Gasteiger partial charge in [-0.25, -0.2) is 0 Å². The van der Waals surface area contributed by atoms with Gasteiger partial charge in [0.15, 0.2) is 0 Å². The van der Waals surface area contributed by atoms with Crippen LogP contribution >= 0.6 is 0 Å². The minimum atomic E-state index is -0.0623. The van der Waals surface area contributed by atoms with Gasteiger partial charge in [-0.3, -0.25) is 9.59 Å². The number of nitrogens with one attached hydrogen (secondary N) is 3. The summed E-state index contributed by atoms with van der Waals surface area (Å²) in [6.45, 7) is 2.26. The van der Waals surface area contributed by atoms with Gasteiger partial charge in [0.1, 0.15) is 0 Å². The van der Waals surface area contributed by atoms with Crippen molar-refractivity contribution in [2.75, 3.05) is 19.6 Å². The van der Waals surface area contributed by atoms with Crippen LogP contribution in [0.3, 0.4) is 0 Å². The number of rotatable bonds is 6. The molecule has 1 heterocycles. The highest BCUT2D eigenvalue weighted by Crippen LogP contribution is 2.18. The number of piperidine rings is 1. The molecule has 0 radical (unpaired) electrons. The number of carbonyl (C=O) groups excluding carboxylic acids is 2. The van der Waals surface area contributed by atoms with Gasteiger partial charge >= 0.3 is 0 Å². The van der Waals surface area contributed by atoms with Crippen LogP contribution in [0.2, 0.25) is 0 Å². The lowest BCUT2D eigenvalue weighted by molar-refractivity contribution is -0.126. The van der Waals surface area contributed by atoms with Crippen LogP contribution in [-0.2, 0) is 9.59 Å². The van der Waals surface area contributed by atoms with Gasteiger partial charge in [0.05, 0.1) is 6.54 Å². The molecule has 5 nitrogen and oxygen atoms in total. The third kappa shape index (κ3) is 5.04. The SMILES string of the molecule is O=C(CCC1CCNCC1)NCC(=O)NC1CC1. The monoisotopic (exact) mass is 253 g/mol. The Kier molecular flexibility index (Phi) is 4.99. The lowest BCUT2D eigenvalue weighted by Gasteiger charge is -2.22. The molecule has 0 bridgehead atoms. The fourth-order valence-corrected chi connectivity index (χ4v) is 2.28. The highest BCUT2D eigenvalue weighted by Gasteiger charge is 2.23. The van der Waals surface area contributed by atoms with Crippen molar-refractivity contribution in [3.8, 4) is 0 Å². The van der Waals surface area contributed by atoms with E-state index in [9.17, 15) is 9.59 Å². The molecule has 1 aliphatic heterocycles. The Morgan fingerprint density at radius 1 is 1.06 bits per heavy atom. The zero-order valence-electron chi connectivity index (χ0n) is 10.8. The minimum Gasteiger partial charge on any atom is -0.352 e. The predicted molar refractivity (Wildman–Crippen MR) is 69.0 cm³/mol. The summed E-state index contributed by atoms with van der Waals surface area (Å²) in [5.74, 6) is 0.601. The zero-order chi connectivity index (χ0) is 12.8. The van der Waals surface area contributed by atoms with Gasteiger partial charge < -0.3 is 16.0 Å². The molecule has 2 amide bonds. The first-order valence-corrected chi connectivity index (χ1v) is 7.01. The van der Waals surface area contributed by atoms with Crippen LogP contribution in [0.1, 0.15) is 38.5 Å². The fourth-order valence-electron chi connectivity index (χ4n) is 2.28. The fraction of sp³-hybridized carbons (Fsp3) is 0.846. The van der Waals surface area contributed by atoms with Gasteiger partial charge in [0.2, 0.25) is 11.8 Å². The van der Waals surface area contributed by atoms with E-state index >= 15 is 0 Å². The first kappa shape index (κ1) is 13.3. The average molecular weight is 253 g/mol. The maximum Gasteiger partial charge on any atom is 0.239 e. The van der Waals surface area contributed by atoms with E-state index < -0.39 is 0 Å². The lowest BCUT2D eigenvalue weighted by atomic mass is 9.93. The van der Waals surface area contributed by atoms with Crippen molar-refractivity contribution in [2.45, 2.75) is 44.6 Å². The zero-order valence-corrected chi connectivity index (χ0v) is 10.8. The summed E-state index contributed by atoms with van der Waals surface area (Å²) in [7, 11) is 0. The highest BCUT2D eigenvalue weighted by molar-refractivity contribution is 5.84. The molecule has 1 saturated carbocycles. The van der Waals surface area contributed by atoms with Gasteiger partial charge in [-0.2, -0.15) is 0 Å². The van der Waals surface area contributed by atoms with Crippen LogP contribution < -0.4 is 16.0 Å². The second-order valence-electron chi connectivity index (χ2n) is 5.35. The molecule has 0 aromatic rings. The maximum absolute atomic E-state index is 11.6. The van der Waals surface area contributed by atoms with Crippen molar-refractivity contribution in [3.63, 3.8) is 0 Å². The van der Waals surface area contributed by atoms with Crippen LogP contribution in [0.25, 0.3) is 0 Å². The maximum atomic E-state index is 11.6. The summed E-state index contributed by atoms with van der Waals surface area (Å²) >= 11 is 0. The Bertz CT molecular complexity index is 297. The van der Waals surface area contributed by atoms with Crippen molar-refractivity contribution in [1.29, 1.82) is 0 Å². The minimum absolute atomic E-state index is 0.000482. The van der Waals surface area contributed by atoms with Gasteiger partial charge in [-0.05, 0) is 51.1 Å². The standard InChI is InChI=1S/C13H23N3O2/c17-12(4-1-10-5-7-14-8-6-10)15-9-13(18)16-11-2-3-11/h10-11,14H,1-9H2,(H,15,17)(H,16,18). The van der Waals surface area contributed by atoms with Crippen molar-refractivity contribution < 1.29 is 9.59 Å². The van der Waals surface area contributed by atoms with E-state index in [1.807, 2.05) is 0 Å². The van der Waals surface area contributed by atoms with Gasteiger partial charge in [0.25, 0.3) is 0 Å². The Balaban J connectivity index is 1.52. The second-order valence-corrected chi connectivity index (χ2v) is 5.35. The molecule has 1 aliphatic carbocycles. The van der Waals surface area contributed by atoms with Crippen LogP contribution in [0.15, 0.2) is 0 Å². The van der Waals surface area contributed by atoms with E-state index in [1.165, 1.54) is 0 Å². The second kappa shape index (κ2) is 6.73. The van der Waals surface area contributed by atoms with E-state index in [1.54, 1.807) is 0 Å². The Morgan fingerprint density at radius 2 is 1.78 bits per heavy atom.